The number of ether oxygens (including phenoxy) is 2. The second-order valence-corrected chi connectivity index (χ2v) is 6.87. The largest absolute Gasteiger partial charge is 0.486 e. The van der Waals surface area contributed by atoms with Gasteiger partial charge < -0.3 is 19.3 Å². The molecule has 0 bridgehead atoms. The van der Waals surface area contributed by atoms with Crippen LogP contribution in [-0.2, 0) is 0 Å². The van der Waals surface area contributed by atoms with Gasteiger partial charge in [-0.15, -0.1) is 11.3 Å². The average Bonchev–Trinajstić information content (AvgIpc) is 3.21. The van der Waals surface area contributed by atoms with Gasteiger partial charge in [0.05, 0.1) is 4.88 Å². The van der Waals surface area contributed by atoms with E-state index < -0.39 is 0 Å². The van der Waals surface area contributed by atoms with Gasteiger partial charge in [-0.1, -0.05) is 6.07 Å². The summed E-state index contributed by atoms with van der Waals surface area (Å²) in [5.41, 5.74) is 0.585. The first-order valence-corrected chi connectivity index (χ1v) is 9.12. The van der Waals surface area contributed by atoms with Gasteiger partial charge in [0.2, 0.25) is 0 Å². The third-order valence-corrected chi connectivity index (χ3v) is 5.23. The van der Waals surface area contributed by atoms with Crippen molar-refractivity contribution in [3.8, 4) is 11.5 Å². The summed E-state index contributed by atoms with van der Waals surface area (Å²) in [5, 5.41) is 1.90. The standard InChI is InChI=1S/C18H18N2O4S/c21-17(13-3-4-14-15(12-13)24-10-9-23-14)19-5-7-20(8-6-19)18(22)16-2-1-11-25-16/h1-4,11-12H,5-10H2. The molecule has 1 aromatic heterocycles. The van der Waals surface area contributed by atoms with E-state index in [-0.39, 0.29) is 11.8 Å². The van der Waals surface area contributed by atoms with Crippen LogP contribution in [0.1, 0.15) is 20.0 Å². The summed E-state index contributed by atoms with van der Waals surface area (Å²) in [7, 11) is 0. The molecule has 25 heavy (non-hydrogen) atoms. The van der Waals surface area contributed by atoms with E-state index in [4.69, 9.17) is 9.47 Å². The number of fused-ring (bicyclic) bond motifs is 1. The average molecular weight is 358 g/mol. The maximum atomic E-state index is 12.7. The van der Waals surface area contributed by atoms with E-state index in [0.29, 0.717) is 56.5 Å². The summed E-state index contributed by atoms with van der Waals surface area (Å²) in [4.78, 5) is 29.4. The number of rotatable bonds is 2. The van der Waals surface area contributed by atoms with Gasteiger partial charge in [-0.2, -0.15) is 0 Å². The van der Waals surface area contributed by atoms with Crippen LogP contribution in [0.15, 0.2) is 35.7 Å². The minimum absolute atomic E-state index is 0.0415. The van der Waals surface area contributed by atoms with Crippen molar-refractivity contribution in [2.75, 3.05) is 39.4 Å². The van der Waals surface area contributed by atoms with Crippen molar-refractivity contribution in [3.63, 3.8) is 0 Å². The molecule has 4 rings (SSSR count). The lowest BCUT2D eigenvalue weighted by Crippen LogP contribution is -2.50. The van der Waals surface area contributed by atoms with Crippen LogP contribution in [0, 0.1) is 0 Å². The Labute approximate surface area is 149 Å². The van der Waals surface area contributed by atoms with E-state index in [0.717, 1.165) is 4.88 Å². The first-order chi connectivity index (χ1) is 12.2. The Kier molecular flexibility index (Phi) is 4.31. The fourth-order valence-corrected chi connectivity index (χ4v) is 3.72. The summed E-state index contributed by atoms with van der Waals surface area (Å²) in [6.45, 7) is 3.18. The third kappa shape index (κ3) is 3.19. The molecular weight excluding hydrogens is 340 g/mol. The predicted molar refractivity (Wildman–Crippen MR) is 93.6 cm³/mol. The number of thiophene rings is 1. The fraction of sp³-hybridized carbons (Fsp3) is 0.333. The number of benzene rings is 1. The van der Waals surface area contributed by atoms with E-state index in [1.807, 2.05) is 17.5 Å². The quantitative estimate of drug-likeness (QED) is 0.825. The molecule has 2 aliphatic heterocycles. The lowest BCUT2D eigenvalue weighted by molar-refractivity contribution is 0.0537. The van der Waals surface area contributed by atoms with Gasteiger partial charge in [0, 0.05) is 31.7 Å². The number of hydrogen-bond donors (Lipinski definition) is 0. The van der Waals surface area contributed by atoms with Crippen molar-refractivity contribution in [1.29, 1.82) is 0 Å². The van der Waals surface area contributed by atoms with Gasteiger partial charge >= 0.3 is 0 Å². The molecule has 1 fully saturated rings. The van der Waals surface area contributed by atoms with E-state index in [2.05, 4.69) is 0 Å². The minimum Gasteiger partial charge on any atom is -0.486 e. The summed E-state index contributed by atoms with van der Waals surface area (Å²) in [5.74, 6) is 1.29. The summed E-state index contributed by atoms with van der Waals surface area (Å²) in [6, 6.07) is 8.98. The Morgan fingerprint density at radius 3 is 2.24 bits per heavy atom. The van der Waals surface area contributed by atoms with Gasteiger partial charge in [-0.25, -0.2) is 0 Å². The fourth-order valence-electron chi connectivity index (χ4n) is 3.03. The van der Waals surface area contributed by atoms with Crippen molar-refractivity contribution in [3.05, 3.63) is 46.2 Å². The Morgan fingerprint density at radius 2 is 1.56 bits per heavy atom. The monoisotopic (exact) mass is 358 g/mol. The van der Waals surface area contributed by atoms with Crippen LogP contribution in [0.2, 0.25) is 0 Å². The SMILES string of the molecule is O=C(c1ccc2c(c1)OCCO2)N1CCN(C(=O)c2cccs2)CC1. The van der Waals surface area contributed by atoms with Gasteiger partial charge in [0.1, 0.15) is 13.2 Å². The summed E-state index contributed by atoms with van der Waals surface area (Å²) >= 11 is 1.44. The first-order valence-electron chi connectivity index (χ1n) is 8.24. The molecule has 0 atom stereocenters. The van der Waals surface area contributed by atoms with Crippen molar-refractivity contribution >= 4 is 23.2 Å². The topological polar surface area (TPSA) is 59.1 Å². The smallest absolute Gasteiger partial charge is 0.264 e. The number of nitrogens with zero attached hydrogens (tertiary/aromatic N) is 2. The predicted octanol–water partition coefficient (Wildman–Crippen LogP) is 2.12. The molecule has 3 heterocycles. The molecule has 0 unspecified atom stereocenters. The molecule has 0 aliphatic carbocycles. The van der Waals surface area contributed by atoms with E-state index in [1.165, 1.54) is 11.3 Å². The Bertz CT molecular complexity index is 782. The minimum atomic E-state index is -0.0415. The van der Waals surface area contributed by atoms with Crippen LogP contribution in [-0.4, -0.2) is 61.0 Å². The number of amides is 2. The van der Waals surface area contributed by atoms with Crippen molar-refractivity contribution in [2.24, 2.45) is 0 Å². The second kappa shape index (κ2) is 6.76. The Morgan fingerprint density at radius 1 is 0.880 bits per heavy atom. The van der Waals surface area contributed by atoms with Crippen molar-refractivity contribution in [2.45, 2.75) is 0 Å². The molecule has 7 heteroatoms. The van der Waals surface area contributed by atoms with Crippen LogP contribution >= 0.6 is 11.3 Å². The zero-order valence-corrected chi connectivity index (χ0v) is 14.5. The van der Waals surface area contributed by atoms with E-state index in [1.54, 1.807) is 28.0 Å². The van der Waals surface area contributed by atoms with Crippen LogP contribution < -0.4 is 9.47 Å². The molecule has 0 N–H and O–H groups in total. The molecule has 0 saturated carbocycles. The number of piperazine rings is 1. The Balaban J connectivity index is 1.40. The van der Waals surface area contributed by atoms with E-state index >= 15 is 0 Å². The van der Waals surface area contributed by atoms with Gasteiger partial charge in [-0.3, -0.25) is 9.59 Å². The molecule has 2 amide bonds. The Hall–Kier alpha value is -2.54. The molecule has 0 spiro atoms. The highest BCUT2D eigenvalue weighted by Gasteiger charge is 2.26. The third-order valence-electron chi connectivity index (χ3n) is 4.38. The van der Waals surface area contributed by atoms with Crippen molar-refractivity contribution in [1.82, 2.24) is 9.80 Å². The van der Waals surface area contributed by atoms with Gasteiger partial charge in [0.25, 0.3) is 11.8 Å². The maximum Gasteiger partial charge on any atom is 0.264 e. The molecular formula is C18H18N2O4S. The lowest BCUT2D eigenvalue weighted by atomic mass is 10.1. The zero-order chi connectivity index (χ0) is 17.2. The van der Waals surface area contributed by atoms with Crippen LogP contribution in [0.4, 0.5) is 0 Å². The molecule has 1 aromatic carbocycles. The highest BCUT2D eigenvalue weighted by Crippen LogP contribution is 2.31. The molecule has 6 nitrogen and oxygen atoms in total. The normalized spacial score (nSPS) is 16.6. The highest BCUT2D eigenvalue weighted by molar-refractivity contribution is 7.12. The van der Waals surface area contributed by atoms with Crippen molar-refractivity contribution < 1.29 is 19.1 Å². The highest BCUT2D eigenvalue weighted by atomic mass is 32.1. The van der Waals surface area contributed by atoms with Crippen LogP contribution in [0.3, 0.4) is 0 Å². The van der Waals surface area contributed by atoms with E-state index in [9.17, 15) is 9.59 Å². The number of carbonyl (C=O) groups excluding carboxylic acids is 2. The molecule has 130 valence electrons. The summed E-state index contributed by atoms with van der Waals surface area (Å²) < 4.78 is 11.0. The molecule has 0 radical (unpaired) electrons. The van der Waals surface area contributed by atoms with Crippen LogP contribution in [0.5, 0.6) is 11.5 Å². The lowest BCUT2D eigenvalue weighted by Gasteiger charge is -2.34. The summed E-state index contributed by atoms with van der Waals surface area (Å²) in [6.07, 6.45) is 0. The van der Waals surface area contributed by atoms with Gasteiger partial charge in [-0.05, 0) is 29.6 Å². The molecule has 2 aliphatic rings. The molecule has 2 aromatic rings. The maximum absolute atomic E-state index is 12.7. The van der Waals surface area contributed by atoms with Crippen LogP contribution in [0.25, 0.3) is 0 Å². The molecule has 1 saturated heterocycles. The number of hydrogen-bond acceptors (Lipinski definition) is 5. The second-order valence-electron chi connectivity index (χ2n) is 5.92. The zero-order valence-electron chi connectivity index (χ0n) is 13.6. The van der Waals surface area contributed by atoms with Gasteiger partial charge in [0.15, 0.2) is 11.5 Å². The number of carbonyl (C=O) groups is 2. The first kappa shape index (κ1) is 16.0.